The van der Waals surface area contributed by atoms with Crippen molar-refractivity contribution in [2.75, 3.05) is 0 Å². The maximum absolute atomic E-state index is 9.85. The Morgan fingerprint density at radius 1 is 0.824 bits per heavy atom. The molecule has 0 bridgehead atoms. The Labute approximate surface area is 109 Å². The Kier molecular flexibility index (Phi) is 8.94. The van der Waals surface area contributed by atoms with Crippen molar-refractivity contribution >= 4 is 0 Å². The highest BCUT2D eigenvalue weighted by molar-refractivity contribution is 4.64. The van der Waals surface area contributed by atoms with Gasteiger partial charge in [-0.05, 0) is 30.6 Å². The first-order valence-electron chi connectivity index (χ1n) is 7.49. The summed E-state index contributed by atoms with van der Waals surface area (Å²) in [5.74, 6) is 0.826. The van der Waals surface area contributed by atoms with E-state index in [4.69, 9.17) is 0 Å². The molecule has 1 atom stereocenters. The highest BCUT2D eigenvalue weighted by atomic mass is 16.3. The van der Waals surface area contributed by atoms with E-state index in [1.807, 2.05) is 0 Å². The van der Waals surface area contributed by atoms with Gasteiger partial charge in [-0.25, -0.2) is 0 Å². The van der Waals surface area contributed by atoms with Crippen molar-refractivity contribution in [3.63, 3.8) is 0 Å². The average Bonchev–Trinajstić information content (AvgIpc) is 2.14. The Balaban J connectivity index is 3.32. The maximum Gasteiger partial charge on any atom is 0.0540 e. The van der Waals surface area contributed by atoms with E-state index in [0.717, 1.165) is 25.2 Å². The maximum atomic E-state index is 9.85. The van der Waals surface area contributed by atoms with Gasteiger partial charge in [0.1, 0.15) is 0 Å². The molecule has 0 aromatic carbocycles. The molecule has 1 nitrogen and oxygen atoms in total. The third-order valence-corrected chi connectivity index (χ3v) is 3.28. The highest BCUT2D eigenvalue weighted by Gasteiger charge is 2.11. The third-order valence-electron chi connectivity index (χ3n) is 3.28. The van der Waals surface area contributed by atoms with Crippen LogP contribution in [0.25, 0.3) is 0 Å². The largest absolute Gasteiger partial charge is 0.393 e. The minimum atomic E-state index is -0.0589. The molecule has 0 fully saturated rings. The quantitative estimate of drug-likeness (QED) is 0.553. The number of rotatable bonds is 9. The predicted octanol–water partition coefficient (Wildman–Crippen LogP) is 5.17. The number of aliphatic hydroxyl groups is 1. The average molecular weight is 242 g/mol. The molecule has 0 spiro atoms. The summed E-state index contributed by atoms with van der Waals surface area (Å²) in [5, 5.41) is 9.85. The number of hydrogen-bond acceptors (Lipinski definition) is 1. The van der Waals surface area contributed by atoms with Crippen LogP contribution in [0.5, 0.6) is 0 Å². The lowest BCUT2D eigenvalue weighted by atomic mass is 9.89. The van der Waals surface area contributed by atoms with Gasteiger partial charge in [-0.1, -0.05) is 66.7 Å². The van der Waals surface area contributed by atoms with E-state index < -0.39 is 0 Å². The van der Waals surface area contributed by atoms with Crippen LogP contribution in [0.15, 0.2) is 0 Å². The van der Waals surface area contributed by atoms with Crippen LogP contribution in [0, 0.1) is 11.3 Å². The van der Waals surface area contributed by atoms with E-state index in [2.05, 4.69) is 34.6 Å². The van der Waals surface area contributed by atoms with Crippen molar-refractivity contribution in [2.45, 2.75) is 92.1 Å². The van der Waals surface area contributed by atoms with Crippen molar-refractivity contribution in [1.29, 1.82) is 0 Å². The summed E-state index contributed by atoms with van der Waals surface area (Å²) >= 11 is 0. The third kappa shape index (κ3) is 13.9. The molecule has 0 radical (unpaired) electrons. The van der Waals surface area contributed by atoms with Gasteiger partial charge in [0, 0.05) is 0 Å². The second-order valence-corrected chi connectivity index (χ2v) is 7.14. The SMILES string of the molecule is CC(C)CCCCC[C@H](O)CCCC(C)(C)C. The molecule has 0 rings (SSSR count). The minimum Gasteiger partial charge on any atom is -0.393 e. The van der Waals surface area contributed by atoms with Crippen molar-refractivity contribution in [3.05, 3.63) is 0 Å². The molecule has 0 unspecified atom stereocenters. The molecule has 0 aromatic heterocycles. The Morgan fingerprint density at radius 3 is 1.88 bits per heavy atom. The summed E-state index contributed by atoms with van der Waals surface area (Å²) < 4.78 is 0. The summed E-state index contributed by atoms with van der Waals surface area (Å²) in [4.78, 5) is 0. The second-order valence-electron chi connectivity index (χ2n) is 7.14. The molecule has 0 aliphatic rings. The van der Waals surface area contributed by atoms with Crippen LogP contribution in [-0.2, 0) is 0 Å². The summed E-state index contributed by atoms with van der Waals surface area (Å²) in [5.41, 5.74) is 0.414. The van der Waals surface area contributed by atoms with Crippen LogP contribution in [0.3, 0.4) is 0 Å². The molecule has 0 saturated heterocycles. The van der Waals surface area contributed by atoms with Crippen LogP contribution in [0.2, 0.25) is 0 Å². The van der Waals surface area contributed by atoms with E-state index >= 15 is 0 Å². The molecule has 0 saturated carbocycles. The van der Waals surface area contributed by atoms with Gasteiger partial charge in [0.25, 0.3) is 0 Å². The predicted molar refractivity (Wildman–Crippen MR) is 77.2 cm³/mol. The van der Waals surface area contributed by atoms with Crippen molar-refractivity contribution in [3.8, 4) is 0 Å². The van der Waals surface area contributed by atoms with E-state index in [-0.39, 0.29) is 6.10 Å². The van der Waals surface area contributed by atoms with Crippen molar-refractivity contribution in [2.24, 2.45) is 11.3 Å². The highest BCUT2D eigenvalue weighted by Crippen LogP contribution is 2.23. The Bertz CT molecular complexity index is 167. The van der Waals surface area contributed by atoms with E-state index in [1.54, 1.807) is 0 Å². The topological polar surface area (TPSA) is 20.2 Å². The molecule has 1 heteroatoms. The fourth-order valence-corrected chi connectivity index (χ4v) is 2.12. The van der Waals surface area contributed by atoms with E-state index in [0.29, 0.717) is 5.41 Å². The molecule has 0 aliphatic heterocycles. The van der Waals surface area contributed by atoms with Gasteiger partial charge in [-0.15, -0.1) is 0 Å². The molecular weight excluding hydrogens is 208 g/mol. The van der Waals surface area contributed by atoms with Crippen molar-refractivity contribution in [1.82, 2.24) is 0 Å². The van der Waals surface area contributed by atoms with Crippen LogP contribution >= 0.6 is 0 Å². The molecular formula is C16H34O. The first-order chi connectivity index (χ1) is 7.81. The van der Waals surface area contributed by atoms with E-state index in [9.17, 15) is 5.11 Å². The van der Waals surface area contributed by atoms with Crippen LogP contribution < -0.4 is 0 Å². The monoisotopic (exact) mass is 242 g/mol. The van der Waals surface area contributed by atoms with Crippen LogP contribution in [0.1, 0.15) is 86.0 Å². The van der Waals surface area contributed by atoms with E-state index in [1.165, 1.54) is 32.1 Å². The molecule has 0 aliphatic carbocycles. The van der Waals surface area contributed by atoms with Gasteiger partial charge in [-0.2, -0.15) is 0 Å². The first kappa shape index (κ1) is 17.0. The van der Waals surface area contributed by atoms with Crippen LogP contribution in [-0.4, -0.2) is 11.2 Å². The van der Waals surface area contributed by atoms with Gasteiger partial charge in [0.2, 0.25) is 0 Å². The number of unbranched alkanes of at least 4 members (excludes halogenated alkanes) is 2. The smallest absolute Gasteiger partial charge is 0.0540 e. The molecule has 0 aromatic rings. The minimum absolute atomic E-state index is 0.0589. The van der Waals surface area contributed by atoms with Crippen LogP contribution in [0.4, 0.5) is 0 Å². The van der Waals surface area contributed by atoms with Gasteiger partial charge in [-0.3, -0.25) is 0 Å². The normalized spacial score (nSPS) is 14.3. The molecule has 104 valence electrons. The molecule has 17 heavy (non-hydrogen) atoms. The summed E-state index contributed by atoms with van der Waals surface area (Å²) in [6, 6.07) is 0. The molecule has 0 amide bonds. The summed E-state index contributed by atoms with van der Waals surface area (Å²) in [6.45, 7) is 11.4. The fraction of sp³-hybridized carbons (Fsp3) is 1.00. The lowest BCUT2D eigenvalue weighted by Gasteiger charge is -2.19. The standard InChI is InChI=1S/C16H34O/c1-14(2)10-7-6-8-11-15(17)12-9-13-16(3,4)5/h14-15,17H,6-13H2,1-5H3/t15-/m0/s1. The van der Waals surface area contributed by atoms with Crippen molar-refractivity contribution < 1.29 is 5.11 Å². The summed E-state index contributed by atoms with van der Waals surface area (Å²) in [6.07, 6.45) is 9.46. The second kappa shape index (κ2) is 8.97. The van der Waals surface area contributed by atoms with Gasteiger partial charge >= 0.3 is 0 Å². The zero-order valence-corrected chi connectivity index (χ0v) is 12.8. The first-order valence-corrected chi connectivity index (χ1v) is 7.49. The Morgan fingerprint density at radius 2 is 1.35 bits per heavy atom. The zero-order valence-electron chi connectivity index (χ0n) is 12.8. The summed E-state index contributed by atoms with van der Waals surface area (Å²) in [7, 11) is 0. The molecule has 0 heterocycles. The van der Waals surface area contributed by atoms with Gasteiger partial charge in [0.15, 0.2) is 0 Å². The Hall–Kier alpha value is -0.0400. The number of aliphatic hydroxyl groups excluding tert-OH is 1. The lowest BCUT2D eigenvalue weighted by Crippen LogP contribution is -2.10. The lowest BCUT2D eigenvalue weighted by molar-refractivity contribution is 0.142. The van der Waals surface area contributed by atoms with Gasteiger partial charge < -0.3 is 5.11 Å². The molecule has 1 N–H and O–H groups in total. The number of hydrogen-bond donors (Lipinski definition) is 1. The zero-order chi connectivity index (χ0) is 13.3. The van der Waals surface area contributed by atoms with Gasteiger partial charge in [0.05, 0.1) is 6.10 Å². The fourth-order valence-electron chi connectivity index (χ4n) is 2.12.